The summed E-state index contributed by atoms with van der Waals surface area (Å²) in [5.74, 6) is 2.37. The third kappa shape index (κ3) is 3.33. The van der Waals surface area contributed by atoms with Gasteiger partial charge in [-0.25, -0.2) is 0 Å². The van der Waals surface area contributed by atoms with Crippen LogP contribution in [0.2, 0.25) is 0 Å². The second-order valence-corrected chi connectivity index (χ2v) is 3.37. The summed E-state index contributed by atoms with van der Waals surface area (Å²) >= 11 is 0. The van der Waals surface area contributed by atoms with Crippen LogP contribution in [0.4, 0.5) is 0 Å². The Morgan fingerprint density at radius 2 is 2.18 bits per heavy atom. The van der Waals surface area contributed by atoms with E-state index in [2.05, 4.69) is 15.9 Å². The van der Waals surface area contributed by atoms with Gasteiger partial charge in [0.1, 0.15) is 18.8 Å². The van der Waals surface area contributed by atoms with Crippen LogP contribution in [0.15, 0.2) is 5.11 Å². The summed E-state index contributed by atoms with van der Waals surface area (Å²) in [5, 5.41) is 3.46. The Kier molecular flexibility index (Phi) is 5.77. The van der Waals surface area contributed by atoms with Crippen LogP contribution >= 0.6 is 0 Å². The average molecular weight is 241 g/mol. The SMILES string of the molecule is C#CCO[C@@H]1[C@@H](OC)[C@@H](OC)O[C@@H]1CN=[N+]=[N-]. The van der Waals surface area contributed by atoms with Gasteiger partial charge in [0, 0.05) is 19.1 Å². The number of ether oxygens (including phenoxy) is 4. The minimum absolute atomic E-state index is 0.136. The van der Waals surface area contributed by atoms with Crippen molar-refractivity contribution in [2.75, 3.05) is 27.4 Å². The summed E-state index contributed by atoms with van der Waals surface area (Å²) in [5.41, 5.74) is 8.30. The van der Waals surface area contributed by atoms with Crippen LogP contribution < -0.4 is 0 Å². The number of azide groups is 1. The predicted octanol–water partition coefficient (Wildman–Crippen LogP) is 0.701. The molecule has 0 unspecified atom stereocenters. The standard InChI is InChI=1S/C10H15N3O4/c1-4-5-16-8-7(6-12-13-11)17-10(15-3)9(8)14-2/h1,7-10H,5-6H2,2-3H3/t7-,8+,9-,10+/m1/s1. The zero-order valence-electron chi connectivity index (χ0n) is 9.78. The molecule has 0 saturated carbocycles. The van der Waals surface area contributed by atoms with Gasteiger partial charge in [-0.3, -0.25) is 0 Å². The highest BCUT2D eigenvalue weighted by molar-refractivity contribution is 4.93. The molecule has 0 aromatic rings. The molecule has 1 saturated heterocycles. The van der Waals surface area contributed by atoms with Crippen molar-refractivity contribution in [1.82, 2.24) is 0 Å². The van der Waals surface area contributed by atoms with Crippen LogP contribution in [-0.4, -0.2) is 52.0 Å². The van der Waals surface area contributed by atoms with Crippen molar-refractivity contribution in [2.45, 2.75) is 24.6 Å². The smallest absolute Gasteiger partial charge is 0.186 e. The monoisotopic (exact) mass is 241 g/mol. The Morgan fingerprint density at radius 3 is 2.71 bits per heavy atom. The number of rotatable bonds is 6. The lowest BCUT2D eigenvalue weighted by atomic mass is 10.1. The maximum absolute atomic E-state index is 8.30. The lowest BCUT2D eigenvalue weighted by Gasteiger charge is -2.21. The molecule has 0 bridgehead atoms. The molecule has 1 aliphatic rings. The molecule has 0 aromatic heterocycles. The largest absolute Gasteiger partial charge is 0.373 e. The molecule has 7 nitrogen and oxygen atoms in total. The van der Waals surface area contributed by atoms with E-state index in [0.29, 0.717) is 0 Å². The zero-order valence-corrected chi connectivity index (χ0v) is 9.78. The van der Waals surface area contributed by atoms with Crippen molar-refractivity contribution < 1.29 is 18.9 Å². The van der Waals surface area contributed by atoms with Crippen molar-refractivity contribution in [1.29, 1.82) is 0 Å². The van der Waals surface area contributed by atoms with Crippen LogP contribution in [0.25, 0.3) is 10.4 Å². The number of methoxy groups -OCH3 is 2. The normalized spacial score (nSPS) is 31.8. The molecular weight excluding hydrogens is 226 g/mol. The summed E-state index contributed by atoms with van der Waals surface area (Å²) < 4.78 is 21.3. The molecule has 4 atom stereocenters. The highest BCUT2D eigenvalue weighted by atomic mass is 16.7. The van der Waals surface area contributed by atoms with Gasteiger partial charge in [0.2, 0.25) is 0 Å². The van der Waals surface area contributed by atoms with E-state index in [1.165, 1.54) is 14.2 Å². The first-order valence-electron chi connectivity index (χ1n) is 5.05. The van der Waals surface area contributed by atoms with Crippen LogP contribution in [0.3, 0.4) is 0 Å². The molecule has 0 spiro atoms. The van der Waals surface area contributed by atoms with Gasteiger partial charge in [-0.05, 0) is 5.53 Å². The van der Waals surface area contributed by atoms with Crippen molar-refractivity contribution in [3.63, 3.8) is 0 Å². The fourth-order valence-electron chi connectivity index (χ4n) is 1.74. The summed E-state index contributed by atoms with van der Waals surface area (Å²) in [6, 6.07) is 0. The van der Waals surface area contributed by atoms with E-state index in [1.807, 2.05) is 0 Å². The first-order valence-corrected chi connectivity index (χ1v) is 5.05. The molecule has 0 aliphatic carbocycles. The van der Waals surface area contributed by atoms with Gasteiger partial charge in [0.25, 0.3) is 0 Å². The Hall–Kier alpha value is -1.29. The maximum Gasteiger partial charge on any atom is 0.186 e. The van der Waals surface area contributed by atoms with Crippen molar-refractivity contribution in [2.24, 2.45) is 5.11 Å². The fraction of sp³-hybridized carbons (Fsp3) is 0.800. The summed E-state index contributed by atoms with van der Waals surface area (Å²) in [7, 11) is 3.03. The minimum atomic E-state index is -0.554. The van der Waals surface area contributed by atoms with Crippen LogP contribution in [0.5, 0.6) is 0 Å². The topological polar surface area (TPSA) is 85.7 Å². The van der Waals surface area contributed by atoms with Gasteiger partial charge >= 0.3 is 0 Å². The van der Waals surface area contributed by atoms with E-state index < -0.39 is 24.6 Å². The summed E-state index contributed by atoms with van der Waals surface area (Å²) in [4.78, 5) is 2.68. The van der Waals surface area contributed by atoms with E-state index >= 15 is 0 Å². The number of hydrogen-bond acceptors (Lipinski definition) is 5. The van der Waals surface area contributed by atoms with Gasteiger partial charge in [-0.2, -0.15) is 0 Å². The second-order valence-electron chi connectivity index (χ2n) is 3.37. The Labute approximate surface area is 99.6 Å². The third-order valence-electron chi connectivity index (χ3n) is 2.46. The van der Waals surface area contributed by atoms with Crippen molar-refractivity contribution >= 4 is 0 Å². The molecule has 0 N–H and O–H groups in total. The first kappa shape index (κ1) is 13.8. The molecule has 1 fully saturated rings. The number of terminal acetylenes is 1. The quantitative estimate of drug-likeness (QED) is 0.296. The minimum Gasteiger partial charge on any atom is -0.373 e. The van der Waals surface area contributed by atoms with Gasteiger partial charge in [-0.15, -0.1) is 6.42 Å². The van der Waals surface area contributed by atoms with E-state index in [-0.39, 0.29) is 13.2 Å². The van der Waals surface area contributed by atoms with E-state index in [1.54, 1.807) is 0 Å². The first-order chi connectivity index (χ1) is 8.28. The number of hydrogen-bond donors (Lipinski definition) is 0. The van der Waals surface area contributed by atoms with Gasteiger partial charge in [-0.1, -0.05) is 11.0 Å². The van der Waals surface area contributed by atoms with E-state index in [9.17, 15) is 0 Å². The third-order valence-corrected chi connectivity index (χ3v) is 2.46. The molecule has 7 heteroatoms. The summed E-state index contributed by atoms with van der Waals surface area (Å²) in [6.07, 6.45) is 3.35. The Bertz CT molecular complexity index is 324. The molecule has 17 heavy (non-hydrogen) atoms. The van der Waals surface area contributed by atoms with E-state index in [4.69, 9.17) is 30.9 Å². The lowest BCUT2D eigenvalue weighted by Crippen LogP contribution is -2.38. The molecular formula is C10H15N3O4. The van der Waals surface area contributed by atoms with Gasteiger partial charge < -0.3 is 18.9 Å². The van der Waals surface area contributed by atoms with E-state index in [0.717, 1.165) is 0 Å². The van der Waals surface area contributed by atoms with Crippen LogP contribution in [0.1, 0.15) is 0 Å². The van der Waals surface area contributed by atoms with Crippen LogP contribution in [-0.2, 0) is 18.9 Å². The Balaban J connectivity index is 2.73. The number of nitrogens with zero attached hydrogens (tertiary/aromatic N) is 3. The molecule has 1 heterocycles. The molecule has 0 aromatic carbocycles. The highest BCUT2D eigenvalue weighted by Crippen LogP contribution is 2.27. The summed E-state index contributed by atoms with van der Waals surface area (Å²) in [6.45, 7) is 0.280. The molecule has 0 radical (unpaired) electrons. The zero-order chi connectivity index (χ0) is 12.7. The fourth-order valence-corrected chi connectivity index (χ4v) is 1.74. The van der Waals surface area contributed by atoms with Gasteiger partial charge in [0.05, 0.1) is 12.6 Å². The van der Waals surface area contributed by atoms with Gasteiger partial charge in [0.15, 0.2) is 6.29 Å². The van der Waals surface area contributed by atoms with Crippen LogP contribution in [0, 0.1) is 12.3 Å². The predicted molar refractivity (Wildman–Crippen MR) is 59.1 cm³/mol. The highest BCUT2D eigenvalue weighted by Gasteiger charge is 2.45. The maximum atomic E-state index is 8.30. The van der Waals surface area contributed by atoms with Crippen molar-refractivity contribution in [3.8, 4) is 12.3 Å². The lowest BCUT2D eigenvalue weighted by molar-refractivity contribution is -0.154. The molecule has 1 aliphatic heterocycles. The molecule has 0 amide bonds. The second kappa shape index (κ2) is 7.12. The average Bonchev–Trinajstić information content (AvgIpc) is 2.70. The molecule has 94 valence electrons. The van der Waals surface area contributed by atoms with Crippen molar-refractivity contribution in [3.05, 3.63) is 10.4 Å². The molecule has 1 rings (SSSR count). The Morgan fingerprint density at radius 1 is 1.41 bits per heavy atom.